The molecule has 0 atom stereocenters. The van der Waals surface area contributed by atoms with Gasteiger partial charge in [-0.05, 0) is 53.0 Å². The third-order valence-electron chi connectivity index (χ3n) is 4.89. The van der Waals surface area contributed by atoms with Crippen molar-refractivity contribution >= 4 is 33.2 Å². The molecule has 9 heteroatoms. The summed E-state index contributed by atoms with van der Waals surface area (Å²) < 4.78 is 2.47. The van der Waals surface area contributed by atoms with E-state index in [1.807, 2.05) is 18.2 Å². The number of hydrogen-bond acceptors (Lipinski definition) is 5. The summed E-state index contributed by atoms with van der Waals surface area (Å²) in [5.74, 6) is 1.37. The van der Waals surface area contributed by atoms with Gasteiger partial charge in [-0.25, -0.2) is 0 Å². The molecular formula is C20H18BrN5O3. The van der Waals surface area contributed by atoms with Crippen molar-refractivity contribution < 1.29 is 9.72 Å². The summed E-state index contributed by atoms with van der Waals surface area (Å²) in [5, 5.41) is 22.6. The van der Waals surface area contributed by atoms with Crippen LogP contribution in [0.3, 0.4) is 0 Å². The quantitative estimate of drug-likeness (QED) is 0.457. The minimum Gasteiger partial charge on any atom is -0.322 e. The van der Waals surface area contributed by atoms with E-state index in [2.05, 4.69) is 36.0 Å². The van der Waals surface area contributed by atoms with Gasteiger partial charge in [0.2, 0.25) is 0 Å². The molecule has 29 heavy (non-hydrogen) atoms. The molecule has 0 saturated heterocycles. The molecule has 0 bridgehead atoms. The van der Waals surface area contributed by atoms with E-state index in [0.717, 1.165) is 43.0 Å². The van der Waals surface area contributed by atoms with Gasteiger partial charge in [0.1, 0.15) is 5.82 Å². The first-order valence-corrected chi connectivity index (χ1v) is 10.1. The van der Waals surface area contributed by atoms with Crippen LogP contribution in [0.4, 0.5) is 11.4 Å². The number of nitro benzene ring substituents is 1. The van der Waals surface area contributed by atoms with E-state index in [1.54, 1.807) is 6.07 Å². The molecule has 0 spiro atoms. The summed E-state index contributed by atoms with van der Waals surface area (Å²) in [6, 6.07) is 11.7. The molecule has 1 aliphatic heterocycles. The molecular weight excluding hydrogens is 438 g/mol. The smallest absolute Gasteiger partial charge is 0.284 e. The number of halogens is 1. The highest BCUT2D eigenvalue weighted by molar-refractivity contribution is 9.10. The van der Waals surface area contributed by atoms with Crippen molar-refractivity contribution in [2.24, 2.45) is 0 Å². The van der Waals surface area contributed by atoms with Gasteiger partial charge in [-0.1, -0.05) is 18.6 Å². The summed E-state index contributed by atoms with van der Waals surface area (Å²) in [6.45, 7) is 0.886. The number of fused-ring (bicyclic) bond motifs is 1. The number of carbonyl (C=O) groups is 1. The SMILES string of the molecule is O=C(Nc1cccc(-c2nnc3n2CCCCC3)c1)c1ccc(Br)c([N+](=O)[O-])c1. The summed E-state index contributed by atoms with van der Waals surface area (Å²) in [6.07, 6.45) is 4.31. The van der Waals surface area contributed by atoms with Crippen LogP contribution in [0.25, 0.3) is 11.4 Å². The van der Waals surface area contributed by atoms with E-state index >= 15 is 0 Å². The fourth-order valence-electron chi connectivity index (χ4n) is 3.43. The van der Waals surface area contributed by atoms with E-state index < -0.39 is 10.8 Å². The minimum absolute atomic E-state index is 0.155. The zero-order valence-corrected chi connectivity index (χ0v) is 17.1. The highest BCUT2D eigenvalue weighted by atomic mass is 79.9. The lowest BCUT2D eigenvalue weighted by Gasteiger charge is -2.10. The van der Waals surface area contributed by atoms with Crippen LogP contribution in [0, 0.1) is 10.1 Å². The Balaban J connectivity index is 1.59. The Labute approximate surface area is 175 Å². The lowest BCUT2D eigenvalue weighted by atomic mass is 10.1. The van der Waals surface area contributed by atoms with Crippen LogP contribution in [0.5, 0.6) is 0 Å². The van der Waals surface area contributed by atoms with Crippen LogP contribution in [0.2, 0.25) is 0 Å². The second kappa shape index (κ2) is 8.12. The lowest BCUT2D eigenvalue weighted by molar-refractivity contribution is -0.385. The molecule has 148 valence electrons. The Morgan fingerprint density at radius 3 is 2.83 bits per heavy atom. The highest BCUT2D eigenvalue weighted by Gasteiger charge is 2.18. The number of nitrogens with one attached hydrogen (secondary N) is 1. The molecule has 1 amide bonds. The maximum atomic E-state index is 12.6. The van der Waals surface area contributed by atoms with Crippen molar-refractivity contribution in [1.29, 1.82) is 0 Å². The number of amides is 1. The molecule has 0 saturated carbocycles. The van der Waals surface area contributed by atoms with Gasteiger partial charge in [-0.3, -0.25) is 14.9 Å². The maximum Gasteiger partial charge on any atom is 0.284 e. The van der Waals surface area contributed by atoms with Crippen molar-refractivity contribution in [1.82, 2.24) is 14.8 Å². The topological polar surface area (TPSA) is 103 Å². The van der Waals surface area contributed by atoms with Gasteiger partial charge in [0, 0.05) is 35.8 Å². The van der Waals surface area contributed by atoms with Gasteiger partial charge < -0.3 is 9.88 Å². The molecule has 1 aromatic heterocycles. The first-order valence-electron chi connectivity index (χ1n) is 9.31. The monoisotopic (exact) mass is 455 g/mol. The number of hydrogen-bond donors (Lipinski definition) is 1. The second-order valence-corrected chi connectivity index (χ2v) is 7.71. The van der Waals surface area contributed by atoms with Gasteiger partial charge in [0.15, 0.2) is 5.82 Å². The maximum absolute atomic E-state index is 12.6. The predicted octanol–water partition coefficient (Wildman–Crippen LogP) is 4.59. The van der Waals surface area contributed by atoms with Gasteiger partial charge in [0.05, 0.1) is 9.40 Å². The summed E-state index contributed by atoms with van der Waals surface area (Å²) in [7, 11) is 0. The van der Waals surface area contributed by atoms with Crippen molar-refractivity contribution in [3.63, 3.8) is 0 Å². The average Bonchev–Trinajstić information content (AvgIpc) is 2.96. The van der Waals surface area contributed by atoms with Crippen molar-refractivity contribution in [2.45, 2.75) is 32.2 Å². The second-order valence-electron chi connectivity index (χ2n) is 6.86. The number of carbonyl (C=O) groups excluding carboxylic acids is 1. The zero-order chi connectivity index (χ0) is 20.4. The van der Waals surface area contributed by atoms with Crippen LogP contribution in [0.15, 0.2) is 46.9 Å². The number of nitro groups is 1. The molecule has 0 fully saturated rings. The van der Waals surface area contributed by atoms with Crippen LogP contribution in [-0.2, 0) is 13.0 Å². The summed E-state index contributed by atoms with van der Waals surface area (Å²) >= 11 is 3.13. The van der Waals surface area contributed by atoms with Crippen molar-refractivity contribution in [2.75, 3.05) is 5.32 Å². The molecule has 2 aromatic carbocycles. The Bertz CT molecular complexity index is 1100. The normalized spacial score (nSPS) is 13.4. The Hall–Kier alpha value is -3.07. The first kappa shape index (κ1) is 19.3. The van der Waals surface area contributed by atoms with Crippen LogP contribution in [0.1, 0.15) is 35.4 Å². The summed E-state index contributed by atoms with van der Waals surface area (Å²) in [5.41, 5.74) is 1.51. The number of anilines is 1. The Kier molecular flexibility index (Phi) is 5.39. The van der Waals surface area contributed by atoms with E-state index in [0.29, 0.717) is 10.2 Å². The zero-order valence-electron chi connectivity index (χ0n) is 15.5. The largest absolute Gasteiger partial charge is 0.322 e. The molecule has 0 radical (unpaired) electrons. The van der Waals surface area contributed by atoms with Gasteiger partial charge in [-0.2, -0.15) is 0 Å². The molecule has 4 rings (SSSR count). The van der Waals surface area contributed by atoms with Crippen LogP contribution >= 0.6 is 15.9 Å². The molecule has 3 aromatic rings. The predicted molar refractivity (Wildman–Crippen MR) is 112 cm³/mol. The minimum atomic E-state index is -0.529. The van der Waals surface area contributed by atoms with Gasteiger partial charge >= 0.3 is 0 Å². The molecule has 0 aliphatic carbocycles. The highest BCUT2D eigenvalue weighted by Crippen LogP contribution is 2.27. The van der Waals surface area contributed by atoms with E-state index in [-0.39, 0.29) is 11.3 Å². The lowest BCUT2D eigenvalue weighted by Crippen LogP contribution is -2.12. The Morgan fingerprint density at radius 2 is 2.00 bits per heavy atom. The fourth-order valence-corrected chi connectivity index (χ4v) is 3.82. The number of nitrogens with zero attached hydrogens (tertiary/aromatic N) is 4. The average molecular weight is 456 g/mol. The molecule has 1 N–H and O–H groups in total. The molecule has 1 aliphatic rings. The third-order valence-corrected chi connectivity index (χ3v) is 5.56. The number of aryl methyl sites for hydroxylation is 1. The Morgan fingerprint density at radius 1 is 1.14 bits per heavy atom. The third kappa shape index (κ3) is 4.04. The molecule has 2 heterocycles. The first-order chi connectivity index (χ1) is 14.0. The van der Waals surface area contributed by atoms with E-state index in [1.165, 1.54) is 24.6 Å². The van der Waals surface area contributed by atoms with Crippen molar-refractivity contribution in [3.8, 4) is 11.4 Å². The van der Waals surface area contributed by atoms with Gasteiger partial charge in [0.25, 0.3) is 11.6 Å². The fraction of sp³-hybridized carbons (Fsp3) is 0.250. The molecule has 8 nitrogen and oxygen atoms in total. The number of aromatic nitrogens is 3. The number of benzene rings is 2. The van der Waals surface area contributed by atoms with E-state index in [9.17, 15) is 14.9 Å². The van der Waals surface area contributed by atoms with Crippen LogP contribution < -0.4 is 5.32 Å². The molecule has 0 unspecified atom stereocenters. The van der Waals surface area contributed by atoms with Crippen molar-refractivity contribution in [3.05, 3.63) is 68.4 Å². The van der Waals surface area contributed by atoms with Gasteiger partial charge in [-0.15, -0.1) is 10.2 Å². The standard InChI is InChI=1S/C20H18BrN5O3/c21-16-9-8-14(12-17(16)26(28)29)20(27)22-15-6-4-5-13(11-15)19-24-23-18-7-2-1-3-10-25(18)19/h4-6,8-9,11-12H,1-3,7,10H2,(H,22,27). The number of rotatable bonds is 4. The van der Waals surface area contributed by atoms with E-state index in [4.69, 9.17) is 0 Å². The summed E-state index contributed by atoms with van der Waals surface area (Å²) in [4.78, 5) is 23.2. The van der Waals surface area contributed by atoms with Crippen LogP contribution in [-0.4, -0.2) is 25.6 Å².